The number of ether oxygens (including phenoxy) is 1. The molecule has 0 bridgehead atoms. The Labute approximate surface area is 182 Å². The number of aromatic hydroxyl groups is 1. The average molecular weight is 450 g/mol. The van der Waals surface area contributed by atoms with Crippen LogP contribution in [0.5, 0.6) is 11.5 Å². The Morgan fingerprint density at radius 3 is 2.39 bits per heavy atom. The Morgan fingerprint density at radius 2 is 1.74 bits per heavy atom. The van der Waals surface area contributed by atoms with Gasteiger partial charge in [-0.05, 0) is 37.3 Å². The molecular weight excluding hydrogens is 422 g/mol. The zero-order valence-electron chi connectivity index (χ0n) is 17.7. The molecule has 168 valence electrons. The molecule has 0 radical (unpaired) electrons. The molecule has 0 saturated heterocycles. The number of phenols is 1. The second-order valence-corrected chi connectivity index (χ2v) is 8.37. The number of nitrogens with zero attached hydrogens (tertiary/aromatic N) is 1. The molecule has 0 atom stereocenters. The molecule has 2 aromatic carbocycles. The van der Waals surface area contributed by atoms with E-state index in [2.05, 4.69) is 10.6 Å². The molecule has 0 saturated carbocycles. The summed E-state index contributed by atoms with van der Waals surface area (Å²) in [5.41, 5.74) is 0.217. The molecule has 0 heterocycles. The number of hydrogen-bond donors (Lipinski definition) is 3. The minimum atomic E-state index is -3.76. The number of phenolic OH excluding ortho intramolecular Hbond substituents is 1. The van der Waals surface area contributed by atoms with E-state index in [4.69, 9.17) is 4.74 Å². The van der Waals surface area contributed by atoms with Gasteiger partial charge in [-0.3, -0.25) is 9.59 Å². The number of carbonyl (C=O) groups excluding carboxylic acids is 2. The highest BCUT2D eigenvalue weighted by molar-refractivity contribution is 7.89. The van der Waals surface area contributed by atoms with E-state index in [0.29, 0.717) is 12.4 Å². The first-order valence-electron chi connectivity index (χ1n) is 9.87. The van der Waals surface area contributed by atoms with Crippen molar-refractivity contribution in [1.82, 2.24) is 9.62 Å². The SMILES string of the molecule is CCOc1ccccc1C(=O)NCC(=O)Nc1cc(S(=O)(=O)N(CC)CC)ccc1O. The normalized spacial score (nSPS) is 11.2. The summed E-state index contributed by atoms with van der Waals surface area (Å²) >= 11 is 0. The maximum atomic E-state index is 12.7. The van der Waals surface area contributed by atoms with Crippen LogP contribution in [0.1, 0.15) is 31.1 Å². The van der Waals surface area contributed by atoms with Gasteiger partial charge in [0.1, 0.15) is 11.5 Å². The van der Waals surface area contributed by atoms with Crippen molar-refractivity contribution in [2.45, 2.75) is 25.7 Å². The smallest absolute Gasteiger partial charge is 0.255 e. The summed E-state index contributed by atoms with van der Waals surface area (Å²) in [5.74, 6) is -1.02. The van der Waals surface area contributed by atoms with Gasteiger partial charge < -0.3 is 20.5 Å². The second kappa shape index (κ2) is 10.8. The van der Waals surface area contributed by atoms with Crippen molar-refractivity contribution < 1.29 is 27.9 Å². The second-order valence-electron chi connectivity index (χ2n) is 6.43. The van der Waals surface area contributed by atoms with Crippen LogP contribution in [-0.2, 0) is 14.8 Å². The highest BCUT2D eigenvalue weighted by Gasteiger charge is 2.23. The number of rotatable bonds is 10. The molecule has 0 spiro atoms. The lowest BCUT2D eigenvalue weighted by Gasteiger charge is -2.19. The van der Waals surface area contributed by atoms with Crippen molar-refractivity contribution in [2.24, 2.45) is 0 Å². The zero-order valence-corrected chi connectivity index (χ0v) is 18.5. The number of sulfonamides is 1. The molecule has 0 aliphatic rings. The Balaban J connectivity index is 2.10. The van der Waals surface area contributed by atoms with E-state index >= 15 is 0 Å². The van der Waals surface area contributed by atoms with E-state index in [1.54, 1.807) is 45.0 Å². The Bertz CT molecular complexity index is 1040. The maximum absolute atomic E-state index is 12.7. The van der Waals surface area contributed by atoms with E-state index in [-0.39, 0.29) is 41.5 Å². The summed E-state index contributed by atoms with van der Waals surface area (Å²) in [5, 5.41) is 14.9. The summed E-state index contributed by atoms with van der Waals surface area (Å²) in [6.07, 6.45) is 0. The van der Waals surface area contributed by atoms with Crippen LogP contribution in [0.15, 0.2) is 47.4 Å². The molecule has 10 heteroatoms. The molecule has 0 unspecified atom stereocenters. The van der Waals surface area contributed by atoms with Gasteiger partial charge in [0.2, 0.25) is 15.9 Å². The predicted molar refractivity (Wildman–Crippen MR) is 117 cm³/mol. The summed E-state index contributed by atoms with van der Waals surface area (Å²) in [6, 6.07) is 10.3. The Kier molecular flexibility index (Phi) is 8.40. The monoisotopic (exact) mass is 449 g/mol. The topological polar surface area (TPSA) is 125 Å². The number of anilines is 1. The molecule has 3 N–H and O–H groups in total. The first-order chi connectivity index (χ1) is 14.7. The van der Waals surface area contributed by atoms with Crippen molar-refractivity contribution in [3.8, 4) is 11.5 Å². The van der Waals surface area contributed by atoms with E-state index in [1.807, 2.05) is 0 Å². The van der Waals surface area contributed by atoms with Crippen LogP contribution in [0.25, 0.3) is 0 Å². The van der Waals surface area contributed by atoms with Crippen LogP contribution in [0, 0.1) is 0 Å². The molecule has 0 aromatic heterocycles. The van der Waals surface area contributed by atoms with Gasteiger partial charge in [-0.1, -0.05) is 26.0 Å². The van der Waals surface area contributed by atoms with Crippen LogP contribution >= 0.6 is 0 Å². The minimum absolute atomic E-state index is 0.0565. The van der Waals surface area contributed by atoms with Gasteiger partial charge in [0.25, 0.3) is 5.91 Å². The van der Waals surface area contributed by atoms with Crippen LogP contribution < -0.4 is 15.4 Å². The highest BCUT2D eigenvalue weighted by Crippen LogP contribution is 2.28. The number of nitrogens with one attached hydrogen (secondary N) is 2. The first kappa shape index (κ1) is 24.2. The van der Waals surface area contributed by atoms with Gasteiger partial charge in [-0.15, -0.1) is 0 Å². The summed E-state index contributed by atoms with van der Waals surface area (Å²) in [7, 11) is -3.76. The van der Waals surface area contributed by atoms with Crippen molar-refractivity contribution in [3.63, 3.8) is 0 Å². The van der Waals surface area contributed by atoms with Gasteiger partial charge in [-0.2, -0.15) is 4.31 Å². The quantitative estimate of drug-likeness (QED) is 0.478. The summed E-state index contributed by atoms with van der Waals surface area (Å²) in [4.78, 5) is 24.6. The Morgan fingerprint density at radius 1 is 1.06 bits per heavy atom. The number of benzene rings is 2. The van der Waals surface area contributed by atoms with E-state index in [0.717, 1.165) is 0 Å². The molecule has 2 aromatic rings. The third-order valence-electron chi connectivity index (χ3n) is 4.43. The zero-order chi connectivity index (χ0) is 23.0. The number of para-hydroxylation sites is 1. The number of hydrogen-bond acceptors (Lipinski definition) is 6. The lowest BCUT2D eigenvalue weighted by molar-refractivity contribution is -0.115. The fraction of sp³-hybridized carbons (Fsp3) is 0.333. The third-order valence-corrected chi connectivity index (χ3v) is 6.47. The molecule has 0 aliphatic carbocycles. The van der Waals surface area contributed by atoms with Crippen molar-refractivity contribution in [2.75, 3.05) is 31.6 Å². The molecule has 2 rings (SSSR count). The van der Waals surface area contributed by atoms with Crippen LogP contribution in [0.2, 0.25) is 0 Å². The van der Waals surface area contributed by atoms with Gasteiger partial charge in [0, 0.05) is 13.1 Å². The fourth-order valence-electron chi connectivity index (χ4n) is 2.87. The summed E-state index contributed by atoms with van der Waals surface area (Å²) in [6.45, 7) is 5.81. The van der Waals surface area contributed by atoms with Crippen molar-refractivity contribution in [1.29, 1.82) is 0 Å². The van der Waals surface area contributed by atoms with E-state index < -0.39 is 21.8 Å². The van der Waals surface area contributed by atoms with Crippen molar-refractivity contribution >= 4 is 27.5 Å². The van der Waals surface area contributed by atoms with E-state index in [9.17, 15) is 23.1 Å². The molecule has 2 amide bonds. The molecule has 0 fully saturated rings. The summed E-state index contributed by atoms with van der Waals surface area (Å²) < 4.78 is 32.0. The predicted octanol–water partition coefficient (Wildman–Crippen LogP) is 2.19. The molecular formula is C21H27N3O6S. The largest absolute Gasteiger partial charge is 0.506 e. The van der Waals surface area contributed by atoms with Crippen LogP contribution in [0.4, 0.5) is 5.69 Å². The van der Waals surface area contributed by atoms with Gasteiger partial charge in [-0.25, -0.2) is 8.42 Å². The van der Waals surface area contributed by atoms with Crippen LogP contribution in [-0.4, -0.2) is 55.9 Å². The molecule has 0 aliphatic heterocycles. The van der Waals surface area contributed by atoms with Gasteiger partial charge in [0.15, 0.2) is 0 Å². The Hall–Kier alpha value is -3.11. The lowest BCUT2D eigenvalue weighted by Crippen LogP contribution is -2.33. The first-order valence-corrected chi connectivity index (χ1v) is 11.3. The van der Waals surface area contributed by atoms with Gasteiger partial charge >= 0.3 is 0 Å². The number of amides is 2. The van der Waals surface area contributed by atoms with E-state index in [1.165, 1.54) is 22.5 Å². The van der Waals surface area contributed by atoms with Crippen molar-refractivity contribution in [3.05, 3.63) is 48.0 Å². The third kappa shape index (κ3) is 5.96. The minimum Gasteiger partial charge on any atom is -0.506 e. The maximum Gasteiger partial charge on any atom is 0.255 e. The number of carbonyl (C=O) groups is 2. The highest BCUT2D eigenvalue weighted by atomic mass is 32.2. The fourth-order valence-corrected chi connectivity index (χ4v) is 4.36. The van der Waals surface area contributed by atoms with Gasteiger partial charge in [0.05, 0.1) is 29.3 Å². The molecule has 9 nitrogen and oxygen atoms in total. The average Bonchev–Trinajstić information content (AvgIpc) is 2.74. The molecule has 31 heavy (non-hydrogen) atoms. The lowest BCUT2D eigenvalue weighted by atomic mass is 10.2. The van der Waals surface area contributed by atoms with Crippen LogP contribution in [0.3, 0.4) is 0 Å². The standard InChI is InChI=1S/C21H27N3O6S/c1-4-24(5-2)31(28,29)15-11-12-18(25)17(13-15)23-20(26)14-22-21(27)16-9-7-8-10-19(16)30-6-3/h7-13,25H,4-6,14H2,1-3H3,(H,22,27)(H,23,26).